The summed E-state index contributed by atoms with van der Waals surface area (Å²) in [7, 11) is 0. The summed E-state index contributed by atoms with van der Waals surface area (Å²) in [4.78, 5) is 0. The van der Waals surface area contributed by atoms with E-state index in [1.54, 1.807) is 0 Å². The zero-order valence-corrected chi connectivity index (χ0v) is 12.0. The van der Waals surface area contributed by atoms with Crippen LogP contribution in [0.2, 0.25) is 0 Å². The van der Waals surface area contributed by atoms with E-state index in [4.69, 9.17) is 12.2 Å². The Morgan fingerprint density at radius 3 is 2.21 bits per heavy atom. The summed E-state index contributed by atoms with van der Waals surface area (Å²) in [6.07, 6.45) is 0. The molecule has 0 unspecified atom stereocenters. The molecule has 0 radical (unpaired) electrons. The van der Waals surface area contributed by atoms with Crippen LogP contribution in [0.25, 0.3) is 0 Å². The minimum Gasteiger partial charge on any atom is -0.332 e. The lowest BCUT2D eigenvalue weighted by atomic mass is 10.0. The van der Waals surface area contributed by atoms with E-state index in [9.17, 15) is 0 Å². The number of hydrogen-bond donors (Lipinski definition) is 2. The molecule has 0 fully saturated rings. The molecule has 0 spiro atoms. The van der Waals surface area contributed by atoms with Gasteiger partial charge >= 0.3 is 0 Å². The lowest BCUT2D eigenvalue weighted by Gasteiger charge is -2.12. The quantitative estimate of drug-likeness (QED) is 0.796. The van der Waals surface area contributed by atoms with Crippen LogP contribution in [0.15, 0.2) is 54.6 Å². The van der Waals surface area contributed by atoms with E-state index in [0.29, 0.717) is 11.0 Å². The molecule has 3 heteroatoms. The molecule has 19 heavy (non-hydrogen) atoms. The standard InChI is InChI=1S/C16H18N2S/c1-12(2)13-7-6-10-15(11-13)18-16(19)17-14-8-4-3-5-9-14/h3-12H,1-2H3,(H2,17,18,19). The molecule has 0 aliphatic heterocycles. The van der Waals surface area contributed by atoms with E-state index in [1.807, 2.05) is 42.5 Å². The SMILES string of the molecule is CC(C)c1cccc(NC(=S)Nc2ccccc2)c1. The molecule has 0 saturated heterocycles. The summed E-state index contributed by atoms with van der Waals surface area (Å²) >= 11 is 5.30. The summed E-state index contributed by atoms with van der Waals surface area (Å²) < 4.78 is 0. The zero-order valence-electron chi connectivity index (χ0n) is 11.2. The Morgan fingerprint density at radius 1 is 0.895 bits per heavy atom. The Labute approximate surface area is 119 Å². The Balaban J connectivity index is 2.01. The molecule has 2 nitrogen and oxygen atoms in total. The van der Waals surface area contributed by atoms with Gasteiger partial charge in [0.15, 0.2) is 5.11 Å². The highest BCUT2D eigenvalue weighted by Gasteiger charge is 2.02. The summed E-state index contributed by atoms with van der Waals surface area (Å²) in [5.74, 6) is 0.511. The molecule has 0 atom stereocenters. The second kappa shape index (κ2) is 6.34. The van der Waals surface area contributed by atoms with Crippen LogP contribution < -0.4 is 10.6 Å². The fourth-order valence-corrected chi connectivity index (χ4v) is 2.03. The molecule has 0 saturated carbocycles. The zero-order chi connectivity index (χ0) is 13.7. The predicted octanol–water partition coefficient (Wildman–Crippen LogP) is 4.62. The van der Waals surface area contributed by atoms with Gasteiger partial charge in [0.2, 0.25) is 0 Å². The van der Waals surface area contributed by atoms with E-state index in [1.165, 1.54) is 5.56 Å². The number of para-hydroxylation sites is 1. The van der Waals surface area contributed by atoms with E-state index < -0.39 is 0 Å². The fourth-order valence-electron chi connectivity index (χ4n) is 1.79. The molecule has 2 rings (SSSR count). The Morgan fingerprint density at radius 2 is 1.53 bits per heavy atom. The lowest BCUT2D eigenvalue weighted by molar-refractivity contribution is 0.867. The van der Waals surface area contributed by atoms with Crippen molar-refractivity contribution in [3.63, 3.8) is 0 Å². The van der Waals surface area contributed by atoms with Gasteiger partial charge in [-0.2, -0.15) is 0 Å². The van der Waals surface area contributed by atoms with Crippen molar-refractivity contribution in [2.75, 3.05) is 10.6 Å². The van der Waals surface area contributed by atoms with Crippen molar-refractivity contribution in [2.24, 2.45) is 0 Å². The monoisotopic (exact) mass is 270 g/mol. The third-order valence-corrected chi connectivity index (χ3v) is 3.05. The number of anilines is 2. The molecule has 2 aromatic rings. The maximum absolute atomic E-state index is 5.30. The molecule has 0 bridgehead atoms. The van der Waals surface area contributed by atoms with Crippen LogP contribution in [-0.4, -0.2) is 5.11 Å². The first-order valence-corrected chi connectivity index (χ1v) is 6.79. The largest absolute Gasteiger partial charge is 0.332 e. The number of nitrogens with one attached hydrogen (secondary N) is 2. The predicted molar refractivity (Wildman–Crippen MR) is 86.8 cm³/mol. The topological polar surface area (TPSA) is 24.1 Å². The van der Waals surface area contributed by atoms with Crippen molar-refractivity contribution in [1.29, 1.82) is 0 Å². The van der Waals surface area contributed by atoms with E-state index in [2.05, 4.69) is 36.6 Å². The van der Waals surface area contributed by atoms with Crippen molar-refractivity contribution in [3.8, 4) is 0 Å². The molecule has 0 aliphatic rings. The van der Waals surface area contributed by atoms with Crippen LogP contribution in [0, 0.1) is 0 Å². The van der Waals surface area contributed by atoms with Crippen molar-refractivity contribution >= 4 is 28.7 Å². The van der Waals surface area contributed by atoms with E-state index >= 15 is 0 Å². The van der Waals surface area contributed by atoms with Crippen LogP contribution in [0.1, 0.15) is 25.3 Å². The summed E-state index contributed by atoms with van der Waals surface area (Å²) in [6, 6.07) is 18.2. The number of benzene rings is 2. The number of hydrogen-bond acceptors (Lipinski definition) is 1. The average Bonchev–Trinajstić information content (AvgIpc) is 2.40. The molecule has 98 valence electrons. The van der Waals surface area contributed by atoms with E-state index in [-0.39, 0.29) is 0 Å². The van der Waals surface area contributed by atoms with Gasteiger partial charge in [0.25, 0.3) is 0 Å². The van der Waals surface area contributed by atoms with E-state index in [0.717, 1.165) is 11.4 Å². The van der Waals surface area contributed by atoms with Crippen LogP contribution in [0.3, 0.4) is 0 Å². The van der Waals surface area contributed by atoms with Crippen LogP contribution in [0.4, 0.5) is 11.4 Å². The van der Waals surface area contributed by atoms with Gasteiger partial charge in [-0.15, -0.1) is 0 Å². The Bertz CT molecular complexity index is 550. The second-order valence-corrected chi connectivity index (χ2v) is 5.13. The highest BCUT2D eigenvalue weighted by atomic mass is 32.1. The van der Waals surface area contributed by atoms with Crippen molar-refractivity contribution in [3.05, 3.63) is 60.2 Å². The molecule has 0 heterocycles. The third kappa shape index (κ3) is 4.07. The van der Waals surface area contributed by atoms with Gasteiger partial charge in [0.1, 0.15) is 0 Å². The summed E-state index contributed by atoms with van der Waals surface area (Å²) in [5.41, 5.74) is 3.30. The summed E-state index contributed by atoms with van der Waals surface area (Å²) in [5, 5.41) is 6.97. The minimum atomic E-state index is 0.511. The Kier molecular flexibility index (Phi) is 4.53. The normalized spacial score (nSPS) is 10.3. The Hall–Kier alpha value is -1.87. The van der Waals surface area contributed by atoms with Crippen LogP contribution in [-0.2, 0) is 0 Å². The van der Waals surface area contributed by atoms with Gasteiger partial charge in [-0.05, 0) is 48.0 Å². The average molecular weight is 270 g/mol. The molecule has 0 amide bonds. The molecule has 2 N–H and O–H groups in total. The maximum Gasteiger partial charge on any atom is 0.175 e. The van der Waals surface area contributed by atoms with Gasteiger partial charge < -0.3 is 10.6 Å². The van der Waals surface area contributed by atoms with Crippen LogP contribution in [0.5, 0.6) is 0 Å². The molecular formula is C16H18N2S. The highest BCUT2D eigenvalue weighted by molar-refractivity contribution is 7.80. The van der Waals surface area contributed by atoms with Crippen molar-refractivity contribution in [2.45, 2.75) is 19.8 Å². The van der Waals surface area contributed by atoms with Gasteiger partial charge in [-0.1, -0.05) is 44.2 Å². The molecular weight excluding hydrogens is 252 g/mol. The van der Waals surface area contributed by atoms with Crippen molar-refractivity contribution < 1.29 is 0 Å². The smallest absolute Gasteiger partial charge is 0.175 e. The number of rotatable bonds is 3. The second-order valence-electron chi connectivity index (χ2n) is 4.73. The van der Waals surface area contributed by atoms with Gasteiger partial charge in [-0.3, -0.25) is 0 Å². The first-order chi connectivity index (χ1) is 9.15. The number of thiocarbonyl (C=S) groups is 1. The maximum atomic E-state index is 5.30. The van der Waals surface area contributed by atoms with Gasteiger partial charge in [0, 0.05) is 11.4 Å². The lowest BCUT2D eigenvalue weighted by Crippen LogP contribution is -2.19. The molecule has 2 aromatic carbocycles. The molecule has 0 aromatic heterocycles. The molecule has 0 aliphatic carbocycles. The highest BCUT2D eigenvalue weighted by Crippen LogP contribution is 2.18. The first-order valence-electron chi connectivity index (χ1n) is 6.38. The van der Waals surface area contributed by atoms with Crippen LogP contribution >= 0.6 is 12.2 Å². The summed E-state index contributed by atoms with van der Waals surface area (Å²) in [6.45, 7) is 4.36. The minimum absolute atomic E-state index is 0.511. The van der Waals surface area contributed by atoms with Gasteiger partial charge in [0.05, 0.1) is 0 Å². The fraction of sp³-hybridized carbons (Fsp3) is 0.188. The van der Waals surface area contributed by atoms with Crippen molar-refractivity contribution in [1.82, 2.24) is 0 Å². The third-order valence-electron chi connectivity index (χ3n) is 2.84. The van der Waals surface area contributed by atoms with Gasteiger partial charge in [-0.25, -0.2) is 0 Å². The first kappa shape index (κ1) is 13.6.